The molecule has 0 radical (unpaired) electrons. The van der Waals surface area contributed by atoms with E-state index < -0.39 is 0 Å². The maximum absolute atomic E-state index is 11.9. The van der Waals surface area contributed by atoms with Crippen LogP contribution in [-0.2, 0) is 9.53 Å². The Morgan fingerprint density at radius 1 is 1.18 bits per heavy atom. The molecule has 2 aliphatic rings. The summed E-state index contributed by atoms with van der Waals surface area (Å²) in [5, 5.41) is 6.66. The van der Waals surface area contributed by atoms with Crippen LogP contribution in [0.4, 0.5) is 0 Å². The van der Waals surface area contributed by atoms with Gasteiger partial charge >= 0.3 is 0 Å². The fourth-order valence-electron chi connectivity index (χ4n) is 2.79. The Bertz CT molecular complexity index is 244. The zero-order valence-corrected chi connectivity index (χ0v) is 10.7. The second kappa shape index (κ2) is 6.36. The smallest absolute Gasteiger partial charge is 0.225 e. The van der Waals surface area contributed by atoms with E-state index in [9.17, 15) is 4.79 Å². The lowest BCUT2D eigenvalue weighted by molar-refractivity contribution is -0.125. The van der Waals surface area contributed by atoms with E-state index in [-0.39, 0.29) is 11.8 Å². The van der Waals surface area contributed by atoms with Crippen molar-refractivity contribution in [2.75, 3.05) is 19.8 Å². The molecular formula is C13H24N2O2. The van der Waals surface area contributed by atoms with Gasteiger partial charge in [0, 0.05) is 18.7 Å². The number of rotatable bonds is 4. The second-order valence-corrected chi connectivity index (χ2v) is 5.18. The molecule has 0 bridgehead atoms. The molecule has 17 heavy (non-hydrogen) atoms. The van der Waals surface area contributed by atoms with Crippen molar-refractivity contribution in [1.29, 1.82) is 0 Å². The highest BCUT2D eigenvalue weighted by Gasteiger charge is 2.27. The van der Waals surface area contributed by atoms with Gasteiger partial charge in [0.1, 0.15) is 0 Å². The van der Waals surface area contributed by atoms with Crippen LogP contribution in [0.2, 0.25) is 0 Å². The highest BCUT2D eigenvalue weighted by atomic mass is 16.5. The van der Waals surface area contributed by atoms with E-state index in [0.29, 0.717) is 18.7 Å². The van der Waals surface area contributed by atoms with Crippen LogP contribution in [0, 0.1) is 5.92 Å². The zero-order chi connectivity index (χ0) is 12.1. The standard InChI is InChI=1S/C13H24N2O2/c1-2-14-11-3-5-12(6-4-11)15-13(16)10-7-8-17-9-10/h10-12,14H,2-9H2,1H3,(H,15,16). The van der Waals surface area contributed by atoms with Crippen molar-refractivity contribution in [2.24, 2.45) is 5.92 Å². The summed E-state index contributed by atoms with van der Waals surface area (Å²) < 4.78 is 5.25. The van der Waals surface area contributed by atoms with Crippen molar-refractivity contribution in [3.05, 3.63) is 0 Å². The first-order valence-corrected chi connectivity index (χ1v) is 6.91. The summed E-state index contributed by atoms with van der Waals surface area (Å²) >= 11 is 0. The average molecular weight is 240 g/mol. The Morgan fingerprint density at radius 2 is 1.88 bits per heavy atom. The average Bonchev–Trinajstić information content (AvgIpc) is 2.86. The van der Waals surface area contributed by atoms with Crippen molar-refractivity contribution in [3.63, 3.8) is 0 Å². The Morgan fingerprint density at radius 3 is 2.47 bits per heavy atom. The molecule has 1 saturated heterocycles. The lowest BCUT2D eigenvalue weighted by atomic mass is 9.90. The number of nitrogens with one attached hydrogen (secondary N) is 2. The van der Waals surface area contributed by atoms with Crippen LogP contribution in [0.15, 0.2) is 0 Å². The normalized spacial score (nSPS) is 33.6. The summed E-state index contributed by atoms with van der Waals surface area (Å²) in [5.74, 6) is 0.302. The predicted octanol–water partition coefficient (Wildman–Crippen LogP) is 1.06. The van der Waals surface area contributed by atoms with Gasteiger partial charge in [0.2, 0.25) is 5.91 Å². The molecule has 1 aliphatic heterocycles. The molecule has 1 unspecified atom stereocenters. The first kappa shape index (κ1) is 12.8. The lowest BCUT2D eigenvalue weighted by Gasteiger charge is -2.30. The summed E-state index contributed by atoms with van der Waals surface area (Å²) in [6.45, 7) is 4.54. The fourth-order valence-corrected chi connectivity index (χ4v) is 2.79. The number of hydrogen-bond donors (Lipinski definition) is 2. The molecule has 98 valence electrons. The van der Waals surface area contributed by atoms with Gasteiger partial charge in [0.15, 0.2) is 0 Å². The molecule has 1 amide bonds. The van der Waals surface area contributed by atoms with Crippen molar-refractivity contribution < 1.29 is 9.53 Å². The van der Waals surface area contributed by atoms with Gasteiger partial charge in [-0.15, -0.1) is 0 Å². The molecule has 2 rings (SSSR count). The molecule has 0 aromatic heterocycles. The first-order chi connectivity index (χ1) is 8.29. The summed E-state index contributed by atoms with van der Waals surface area (Å²) in [7, 11) is 0. The molecule has 1 saturated carbocycles. The van der Waals surface area contributed by atoms with E-state index in [4.69, 9.17) is 4.74 Å². The molecule has 1 aliphatic carbocycles. The third kappa shape index (κ3) is 3.68. The molecule has 1 atom stereocenters. The minimum absolute atomic E-state index is 0.0986. The Labute approximate surface area is 103 Å². The SMILES string of the molecule is CCNC1CCC(NC(=O)C2CCOC2)CC1. The maximum atomic E-state index is 11.9. The Balaban J connectivity index is 1.68. The molecule has 2 fully saturated rings. The minimum atomic E-state index is 0.0986. The van der Waals surface area contributed by atoms with Crippen LogP contribution in [-0.4, -0.2) is 37.7 Å². The largest absolute Gasteiger partial charge is 0.381 e. The lowest BCUT2D eigenvalue weighted by Crippen LogP contribution is -2.44. The number of hydrogen-bond acceptors (Lipinski definition) is 3. The number of ether oxygens (including phenoxy) is 1. The van der Waals surface area contributed by atoms with E-state index in [1.807, 2.05) is 0 Å². The summed E-state index contributed by atoms with van der Waals surface area (Å²) in [5.41, 5.74) is 0. The zero-order valence-electron chi connectivity index (χ0n) is 10.7. The monoisotopic (exact) mass is 240 g/mol. The molecule has 0 aromatic carbocycles. The summed E-state index contributed by atoms with van der Waals surface area (Å²) in [6, 6.07) is 1.04. The number of carbonyl (C=O) groups excluding carboxylic acids is 1. The summed E-state index contributed by atoms with van der Waals surface area (Å²) in [6.07, 6.45) is 5.46. The van der Waals surface area contributed by atoms with Crippen LogP contribution < -0.4 is 10.6 Å². The highest BCUT2D eigenvalue weighted by Crippen LogP contribution is 2.20. The van der Waals surface area contributed by atoms with Crippen molar-refractivity contribution >= 4 is 5.91 Å². The molecule has 4 heteroatoms. The van der Waals surface area contributed by atoms with Gasteiger partial charge in [0.05, 0.1) is 12.5 Å². The molecular weight excluding hydrogens is 216 g/mol. The van der Waals surface area contributed by atoms with E-state index in [1.165, 1.54) is 12.8 Å². The second-order valence-electron chi connectivity index (χ2n) is 5.18. The van der Waals surface area contributed by atoms with Gasteiger partial charge in [-0.2, -0.15) is 0 Å². The van der Waals surface area contributed by atoms with Gasteiger partial charge in [-0.1, -0.05) is 6.92 Å². The van der Waals surface area contributed by atoms with Crippen molar-refractivity contribution in [2.45, 2.75) is 51.1 Å². The van der Waals surface area contributed by atoms with E-state index >= 15 is 0 Å². The third-order valence-corrected chi connectivity index (χ3v) is 3.87. The topological polar surface area (TPSA) is 50.4 Å². The quantitative estimate of drug-likeness (QED) is 0.772. The van der Waals surface area contributed by atoms with E-state index in [2.05, 4.69) is 17.6 Å². The maximum Gasteiger partial charge on any atom is 0.225 e. The molecule has 1 heterocycles. The van der Waals surface area contributed by atoms with E-state index in [1.54, 1.807) is 0 Å². The van der Waals surface area contributed by atoms with Crippen LogP contribution in [0.25, 0.3) is 0 Å². The molecule has 2 N–H and O–H groups in total. The molecule has 0 spiro atoms. The molecule has 4 nitrogen and oxygen atoms in total. The van der Waals surface area contributed by atoms with Gasteiger partial charge in [0.25, 0.3) is 0 Å². The minimum Gasteiger partial charge on any atom is -0.381 e. The van der Waals surface area contributed by atoms with Crippen LogP contribution in [0.3, 0.4) is 0 Å². The van der Waals surface area contributed by atoms with Crippen LogP contribution in [0.5, 0.6) is 0 Å². The predicted molar refractivity (Wildman–Crippen MR) is 66.8 cm³/mol. The first-order valence-electron chi connectivity index (χ1n) is 6.91. The molecule has 0 aromatic rings. The third-order valence-electron chi connectivity index (χ3n) is 3.87. The number of carbonyl (C=O) groups is 1. The van der Waals surface area contributed by atoms with Gasteiger partial charge in [-0.05, 0) is 38.6 Å². The van der Waals surface area contributed by atoms with Crippen molar-refractivity contribution in [3.8, 4) is 0 Å². The fraction of sp³-hybridized carbons (Fsp3) is 0.923. The van der Waals surface area contributed by atoms with E-state index in [0.717, 1.165) is 32.4 Å². The highest BCUT2D eigenvalue weighted by molar-refractivity contribution is 5.79. The van der Waals surface area contributed by atoms with Gasteiger partial charge in [-0.25, -0.2) is 0 Å². The van der Waals surface area contributed by atoms with Crippen LogP contribution >= 0.6 is 0 Å². The summed E-state index contributed by atoms with van der Waals surface area (Å²) in [4.78, 5) is 11.9. The number of amides is 1. The van der Waals surface area contributed by atoms with Gasteiger partial charge < -0.3 is 15.4 Å². The Kier molecular flexibility index (Phi) is 4.80. The van der Waals surface area contributed by atoms with Gasteiger partial charge in [-0.3, -0.25) is 4.79 Å². The van der Waals surface area contributed by atoms with Crippen molar-refractivity contribution in [1.82, 2.24) is 10.6 Å². The van der Waals surface area contributed by atoms with Crippen LogP contribution in [0.1, 0.15) is 39.0 Å². The Hall–Kier alpha value is -0.610.